The first-order valence-corrected chi connectivity index (χ1v) is 12.8. The molecule has 0 radical (unpaired) electrons. The Morgan fingerprint density at radius 1 is 1.25 bits per heavy atom. The van der Waals surface area contributed by atoms with Gasteiger partial charge >= 0.3 is 0 Å². The van der Waals surface area contributed by atoms with E-state index in [-0.39, 0.29) is 28.9 Å². The van der Waals surface area contributed by atoms with Crippen LogP contribution < -0.4 is 16.4 Å². The van der Waals surface area contributed by atoms with Crippen LogP contribution in [0.4, 0.5) is 22.0 Å². The van der Waals surface area contributed by atoms with Crippen LogP contribution in [-0.2, 0) is 4.79 Å². The molecule has 36 heavy (non-hydrogen) atoms. The predicted molar refractivity (Wildman–Crippen MR) is 137 cm³/mol. The number of hydrogen-bond donors (Lipinski definition) is 4. The molecule has 2 aliphatic carbocycles. The summed E-state index contributed by atoms with van der Waals surface area (Å²) in [6.07, 6.45) is 7.80. The number of amides is 1. The molecule has 0 bridgehead atoms. The van der Waals surface area contributed by atoms with Gasteiger partial charge in [0.15, 0.2) is 5.65 Å². The summed E-state index contributed by atoms with van der Waals surface area (Å²) in [5, 5.41) is 17.3. The molecule has 9 nitrogen and oxygen atoms in total. The summed E-state index contributed by atoms with van der Waals surface area (Å²) in [5.41, 5.74) is 6.63. The van der Waals surface area contributed by atoms with Crippen LogP contribution in [0, 0.1) is 11.7 Å². The summed E-state index contributed by atoms with van der Waals surface area (Å²) in [5.74, 6) is 0.172. The van der Waals surface area contributed by atoms with Gasteiger partial charge in [-0.15, -0.1) is 0 Å². The molecule has 1 amide bonds. The van der Waals surface area contributed by atoms with Crippen LogP contribution in [0.3, 0.4) is 0 Å². The number of carbonyl (C=O) groups excluding carboxylic acids is 1. The third kappa shape index (κ3) is 5.24. The number of halogens is 2. The van der Waals surface area contributed by atoms with Crippen molar-refractivity contribution >= 4 is 46.3 Å². The highest BCUT2D eigenvalue weighted by atomic mass is 35.5. The van der Waals surface area contributed by atoms with Crippen molar-refractivity contribution < 1.29 is 14.3 Å². The van der Waals surface area contributed by atoms with Gasteiger partial charge in [-0.2, -0.15) is 4.98 Å². The van der Waals surface area contributed by atoms with Gasteiger partial charge in [0.05, 0.1) is 22.5 Å². The number of benzene rings is 1. The average molecular weight is 516 g/mol. The minimum Gasteiger partial charge on any atom is -0.390 e. The summed E-state index contributed by atoms with van der Waals surface area (Å²) in [6.45, 7) is 1.86. The molecule has 192 valence electrons. The number of nitrogens with two attached hydrogens (primary N) is 1. The minimum absolute atomic E-state index is 0.0329. The van der Waals surface area contributed by atoms with Crippen molar-refractivity contribution in [1.29, 1.82) is 0 Å². The van der Waals surface area contributed by atoms with Gasteiger partial charge in [0.2, 0.25) is 17.8 Å². The minimum atomic E-state index is -0.702. The van der Waals surface area contributed by atoms with Gasteiger partial charge in [-0.25, -0.2) is 14.4 Å². The Morgan fingerprint density at radius 2 is 2.03 bits per heavy atom. The Hall–Kier alpha value is -2.98. The van der Waals surface area contributed by atoms with E-state index in [1.165, 1.54) is 12.1 Å². The Labute approximate surface area is 213 Å². The molecule has 0 saturated heterocycles. The third-order valence-corrected chi connectivity index (χ3v) is 7.67. The van der Waals surface area contributed by atoms with Crippen molar-refractivity contribution in [1.82, 2.24) is 19.5 Å². The number of aliphatic hydroxyl groups is 1. The summed E-state index contributed by atoms with van der Waals surface area (Å²) in [7, 11) is 0. The van der Waals surface area contributed by atoms with Crippen LogP contribution in [0.15, 0.2) is 24.4 Å². The van der Waals surface area contributed by atoms with Crippen LogP contribution in [-0.4, -0.2) is 42.2 Å². The number of fused-ring (bicyclic) bond motifs is 1. The number of carbonyl (C=O) groups is 1. The topological polar surface area (TPSA) is 131 Å². The number of hydrogen-bond acceptors (Lipinski definition) is 7. The maximum Gasteiger partial charge on any atom is 0.224 e. The van der Waals surface area contributed by atoms with Gasteiger partial charge < -0.3 is 21.5 Å². The van der Waals surface area contributed by atoms with Gasteiger partial charge in [-0.1, -0.05) is 11.6 Å². The highest BCUT2D eigenvalue weighted by Gasteiger charge is 2.31. The van der Waals surface area contributed by atoms with Crippen LogP contribution in [0.25, 0.3) is 11.2 Å². The Balaban J connectivity index is 1.49. The molecular weight excluding hydrogens is 485 g/mol. The molecule has 1 aromatic carbocycles. The lowest BCUT2D eigenvalue weighted by Gasteiger charge is -2.34. The average Bonchev–Trinajstić information content (AvgIpc) is 3.17. The summed E-state index contributed by atoms with van der Waals surface area (Å²) in [4.78, 5) is 25.7. The Bertz CT molecular complexity index is 1270. The number of nitrogens with one attached hydrogen (secondary N) is 2. The van der Waals surface area contributed by atoms with Crippen LogP contribution in [0.1, 0.15) is 64.3 Å². The fraction of sp³-hybridized carbons (Fsp3) is 0.520. The second-order valence-electron chi connectivity index (χ2n) is 10.3. The van der Waals surface area contributed by atoms with Gasteiger partial charge in [0, 0.05) is 18.0 Å². The summed E-state index contributed by atoms with van der Waals surface area (Å²) in [6, 6.07) is 4.25. The fourth-order valence-electron chi connectivity index (χ4n) is 5.49. The number of nitrogens with zero attached hydrogens (tertiary/aromatic N) is 4. The van der Waals surface area contributed by atoms with Gasteiger partial charge in [0.1, 0.15) is 11.3 Å². The normalized spacial score (nSPS) is 26.6. The van der Waals surface area contributed by atoms with Crippen molar-refractivity contribution in [3.8, 4) is 0 Å². The number of anilines is 3. The monoisotopic (exact) mass is 515 g/mol. The molecule has 0 aliphatic heterocycles. The van der Waals surface area contributed by atoms with Crippen molar-refractivity contribution in [2.45, 2.75) is 76.0 Å². The van der Waals surface area contributed by atoms with Gasteiger partial charge in [0.25, 0.3) is 0 Å². The van der Waals surface area contributed by atoms with Crippen molar-refractivity contribution in [3.63, 3.8) is 0 Å². The van der Waals surface area contributed by atoms with Crippen molar-refractivity contribution in [2.75, 3.05) is 10.6 Å². The zero-order valence-corrected chi connectivity index (χ0v) is 20.9. The molecule has 2 aliphatic rings. The molecule has 2 saturated carbocycles. The van der Waals surface area contributed by atoms with Crippen molar-refractivity contribution in [2.24, 2.45) is 11.7 Å². The maximum absolute atomic E-state index is 13.6. The smallest absolute Gasteiger partial charge is 0.224 e. The van der Waals surface area contributed by atoms with Crippen LogP contribution >= 0.6 is 11.6 Å². The van der Waals surface area contributed by atoms with E-state index in [9.17, 15) is 14.3 Å². The van der Waals surface area contributed by atoms with E-state index in [1.807, 2.05) is 11.5 Å². The molecule has 5 N–H and O–H groups in total. The lowest BCUT2D eigenvalue weighted by Crippen LogP contribution is -2.38. The fourth-order valence-corrected chi connectivity index (χ4v) is 5.71. The van der Waals surface area contributed by atoms with E-state index < -0.39 is 11.4 Å². The van der Waals surface area contributed by atoms with E-state index in [4.69, 9.17) is 27.3 Å². The van der Waals surface area contributed by atoms with E-state index in [0.29, 0.717) is 48.0 Å². The highest BCUT2D eigenvalue weighted by Crippen LogP contribution is 2.38. The summed E-state index contributed by atoms with van der Waals surface area (Å²) >= 11 is 6.28. The number of primary amides is 1. The third-order valence-electron chi connectivity index (χ3n) is 7.36. The molecule has 0 spiro atoms. The molecule has 0 unspecified atom stereocenters. The molecule has 3 aromatic rings. The lowest BCUT2D eigenvalue weighted by atomic mass is 9.83. The first kappa shape index (κ1) is 24.7. The second kappa shape index (κ2) is 9.82. The zero-order valence-electron chi connectivity index (χ0n) is 20.2. The largest absolute Gasteiger partial charge is 0.390 e. The van der Waals surface area contributed by atoms with Gasteiger partial charge in [-0.3, -0.25) is 9.36 Å². The Morgan fingerprint density at radius 3 is 2.72 bits per heavy atom. The van der Waals surface area contributed by atoms with E-state index in [1.54, 1.807) is 12.3 Å². The SMILES string of the molecule is C[C@]1(O)CCC[C@@H](Nc2ncc3nc(Nc4ccc(F)cc4Cl)n(C4CCC(C(N)=O)CC4)c3n2)C1. The maximum atomic E-state index is 13.6. The number of imidazole rings is 1. The van der Waals surface area contributed by atoms with E-state index >= 15 is 0 Å². The quantitative estimate of drug-likeness (QED) is 0.374. The molecule has 5 rings (SSSR count). The molecule has 2 heterocycles. The standard InChI is InChI=1S/C25H31ClFN7O2/c1-25(36)10-2-3-16(12-25)30-23-29-13-20-22(33-23)34(17-7-4-14(5-8-17)21(28)35)24(32-20)31-19-9-6-15(27)11-18(19)26/h6,9,11,13-14,16-17,36H,2-5,7-8,10,12H2,1H3,(H2,28,35)(H,31,32)(H,29,30,33)/t14?,16-,17?,25+/m1/s1. The van der Waals surface area contributed by atoms with E-state index in [2.05, 4.69) is 15.6 Å². The van der Waals surface area contributed by atoms with Crippen LogP contribution in [0.2, 0.25) is 5.02 Å². The van der Waals surface area contributed by atoms with Crippen molar-refractivity contribution in [3.05, 3.63) is 35.2 Å². The van der Waals surface area contributed by atoms with E-state index in [0.717, 1.165) is 32.1 Å². The first-order chi connectivity index (χ1) is 17.2. The molecule has 2 fully saturated rings. The van der Waals surface area contributed by atoms with Crippen LogP contribution in [0.5, 0.6) is 0 Å². The molecule has 2 atom stereocenters. The lowest BCUT2D eigenvalue weighted by molar-refractivity contribution is -0.122. The highest BCUT2D eigenvalue weighted by molar-refractivity contribution is 6.33. The second-order valence-corrected chi connectivity index (χ2v) is 10.7. The summed E-state index contributed by atoms with van der Waals surface area (Å²) < 4.78 is 15.6. The zero-order chi connectivity index (χ0) is 25.4. The molecular formula is C25H31ClFN7O2. The number of rotatable bonds is 6. The Kier molecular flexibility index (Phi) is 6.74. The first-order valence-electron chi connectivity index (χ1n) is 12.4. The molecule has 11 heteroatoms. The number of aromatic nitrogens is 4. The molecule has 2 aromatic heterocycles. The van der Waals surface area contributed by atoms with Gasteiger partial charge in [-0.05, 0) is 76.5 Å². The predicted octanol–water partition coefficient (Wildman–Crippen LogP) is 4.68.